The van der Waals surface area contributed by atoms with E-state index in [0.29, 0.717) is 16.7 Å². The summed E-state index contributed by atoms with van der Waals surface area (Å²) in [6.07, 6.45) is -2.66. The molecule has 204 valence electrons. The van der Waals surface area contributed by atoms with E-state index in [1.165, 1.54) is 16.7 Å². The molecule has 0 fully saturated rings. The van der Waals surface area contributed by atoms with Crippen LogP contribution >= 0.6 is 0 Å². The summed E-state index contributed by atoms with van der Waals surface area (Å²) >= 11 is 0. The molecule has 0 aliphatic carbocycles. The van der Waals surface area contributed by atoms with Crippen LogP contribution in [0.4, 0.5) is 0 Å². The molecule has 0 saturated carbocycles. The Morgan fingerprint density at radius 1 is 0.535 bits per heavy atom. The third-order valence-electron chi connectivity index (χ3n) is 8.30. The van der Waals surface area contributed by atoms with Gasteiger partial charge in [-0.15, -0.1) is 0 Å². The molecule has 2 heteroatoms. The van der Waals surface area contributed by atoms with Crippen LogP contribution in [0.3, 0.4) is 0 Å². The van der Waals surface area contributed by atoms with Crippen molar-refractivity contribution >= 4 is 32.6 Å². The lowest BCUT2D eigenvalue weighted by molar-refractivity contribution is 0.908. The Morgan fingerprint density at radius 2 is 1.09 bits per heavy atom. The first kappa shape index (κ1) is 20.4. The Labute approximate surface area is 258 Å². The van der Waals surface area contributed by atoms with Gasteiger partial charge >= 0.3 is 0 Å². The van der Waals surface area contributed by atoms with Gasteiger partial charge in [-0.05, 0) is 79.2 Å². The number of rotatable bonds is 5. The van der Waals surface area contributed by atoms with E-state index in [4.69, 9.17) is 6.85 Å². The van der Waals surface area contributed by atoms with Crippen molar-refractivity contribution in [3.8, 4) is 39.1 Å². The second-order valence-electron chi connectivity index (χ2n) is 10.7. The zero-order chi connectivity index (χ0) is 33.0. The van der Waals surface area contributed by atoms with Crippen molar-refractivity contribution in [2.24, 2.45) is 0 Å². The molecule has 0 unspecified atom stereocenters. The van der Waals surface area contributed by atoms with Crippen LogP contribution in [0.1, 0.15) is 19.5 Å². The summed E-state index contributed by atoms with van der Waals surface area (Å²) in [5, 5.41) is 4.53. The van der Waals surface area contributed by atoms with Crippen molar-refractivity contribution in [1.82, 2.24) is 9.55 Å². The second-order valence-corrected chi connectivity index (χ2v) is 10.7. The third kappa shape index (κ3) is 4.14. The van der Waals surface area contributed by atoms with Gasteiger partial charge in [-0.2, -0.15) is 0 Å². The zero-order valence-corrected chi connectivity index (χ0v) is 23.3. The highest BCUT2D eigenvalue weighted by molar-refractivity contribution is 6.22. The summed E-state index contributed by atoms with van der Waals surface area (Å²) in [7, 11) is 0. The Bertz CT molecular complexity index is 2400. The van der Waals surface area contributed by atoms with Gasteiger partial charge in [0.05, 0.1) is 11.0 Å². The predicted molar refractivity (Wildman–Crippen MR) is 182 cm³/mol. The maximum Gasteiger partial charge on any atom is 0.114 e. The van der Waals surface area contributed by atoms with Crippen molar-refractivity contribution in [1.29, 1.82) is 0 Å². The van der Waals surface area contributed by atoms with Gasteiger partial charge in [-0.3, -0.25) is 4.57 Å². The first-order valence-electron chi connectivity index (χ1n) is 16.9. The maximum absolute atomic E-state index is 8.58. The summed E-state index contributed by atoms with van der Waals surface area (Å²) in [6.45, 7) is -2.90. The average molecular weight is 556 g/mol. The van der Waals surface area contributed by atoms with Crippen molar-refractivity contribution < 1.29 is 6.85 Å². The lowest BCUT2D eigenvalue weighted by atomic mass is 9.84. The molecular formula is C41H30N2. The fourth-order valence-corrected chi connectivity index (χ4v) is 6.45. The van der Waals surface area contributed by atoms with Crippen molar-refractivity contribution in [3.63, 3.8) is 0 Å². The Morgan fingerprint density at radius 3 is 1.77 bits per heavy atom. The van der Waals surface area contributed by atoms with Gasteiger partial charge in [0.2, 0.25) is 0 Å². The summed E-state index contributed by atoms with van der Waals surface area (Å²) < 4.78 is 42.6. The third-order valence-corrected chi connectivity index (χ3v) is 8.30. The van der Waals surface area contributed by atoms with Gasteiger partial charge in [-0.1, -0.05) is 134 Å². The molecule has 0 aliphatic heterocycles. The SMILES string of the molecule is [2H]C([2H])([2H])C([2H])([2H])c1nc2ccccc2n1-c1ccc(-c2c3ccccc3c(-c3ccccc3-c3ccccc3)c3ccccc23)cc1. The largest absolute Gasteiger partial charge is 0.296 e. The summed E-state index contributed by atoms with van der Waals surface area (Å²) in [5.74, 6) is -0.145. The summed E-state index contributed by atoms with van der Waals surface area (Å²) in [4.78, 5) is 4.49. The van der Waals surface area contributed by atoms with Gasteiger partial charge in [-0.25, -0.2) is 4.98 Å². The van der Waals surface area contributed by atoms with Crippen molar-refractivity contribution in [3.05, 3.63) is 157 Å². The fourth-order valence-electron chi connectivity index (χ4n) is 6.45. The topological polar surface area (TPSA) is 17.8 Å². The van der Waals surface area contributed by atoms with Gasteiger partial charge in [0, 0.05) is 18.9 Å². The minimum absolute atomic E-state index is 0.145. The molecule has 0 bridgehead atoms. The molecule has 8 aromatic rings. The molecule has 0 radical (unpaired) electrons. The number of fused-ring (bicyclic) bond motifs is 3. The Kier molecular flexibility index (Phi) is 4.95. The number of imidazole rings is 1. The standard InChI is InChI=1S/C41H30N2/c1-2-39-42-37-22-12-13-23-38(37)43(39)30-26-24-29(25-27-30)40-33-18-8-10-20-35(33)41(36-21-11-9-19-34(36)40)32-17-7-6-16-31(32)28-14-4-3-5-15-28/h3-27H,2H2,1H3/i1D3,2D2. The molecule has 0 N–H and O–H groups in total. The molecule has 0 saturated heterocycles. The Balaban J connectivity index is 1.35. The lowest BCUT2D eigenvalue weighted by Gasteiger charge is -2.20. The second kappa shape index (κ2) is 10.4. The number of benzene rings is 7. The molecule has 7 aromatic carbocycles. The van der Waals surface area contributed by atoms with Crippen LogP contribution in [-0.2, 0) is 6.37 Å². The highest BCUT2D eigenvalue weighted by Crippen LogP contribution is 2.46. The molecule has 0 atom stereocenters. The van der Waals surface area contributed by atoms with Gasteiger partial charge in [0.15, 0.2) is 0 Å². The van der Waals surface area contributed by atoms with E-state index in [9.17, 15) is 0 Å². The van der Waals surface area contributed by atoms with Crippen LogP contribution in [-0.4, -0.2) is 9.55 Å². The first-order chi connectivity index (χ1) is 23.2. The van der Waals surface area contributed by atoms with Gasteiger partial charge in [0.25, 0.3) is 0 Å². The number of hydrogen-bond donors (Lipinski definition) is 0. The quantitative estimate of drug-likeness (QED) is 0.193. The summed E-state index contributed by atoms with van der Waals surface area (Å²) in [5.41, 5.74) is 8.60. The number of nitrogens with zero attached hydrogens (tertiary/aromatic N) is 2. The minimum Gasteiger partial charge on any atom is -0.296 e. The zero-order valence-electron chi connectivity index (χ0n) is 28.3. The van der Waals surface area contributed by atoms with Gasteiger partial charge in [0.1, 0.15) is 5.82 Å². The maximum atomic E-state index is 8.58. The van der Waals surface area contributed by atoms with E-state index in [1.54, 1.807) is 10.6 Å². The van der Waals surface area contributed by atoms with E-state index in [1.807, 2.05) is 48.5 Å². The van der Waals surface area contributed by atoms with Crippen LogP contribution in [0.25, 0.3) is 71.6 Å². The normalized spacial score (nSPS) is 13.8. The molecule has 1 aromatic heterocycles. The van der Waals surface area contributed by atoms with Crippen LogP contribution in [0.2, 0.25) is 0 Å². The molecule has 0 aliphatic rings. The van der Waals surface area contributed by atoms with Crippen molar-refractivity contribution in [2.75, 3.05) is 0 Å². The molecule has 1 heterocycles. The van der Waals surface area contributed by atoms with Crippen LogP contribution in [0, 0.1) is 0 Å². The van der Waals surface area contributed by atoms with Crippen LogP contribution in [0.5, 0.6) is 0 Å². The lowest BCUT2D eigenvalue weighted by Crippen LogP contribution is -2.00. The number of para-hydroxylation sites is 2. The molecule has 8 rings (SSSR count). The van der Waals surface area contributed by atoms with E-state index in [2.05, 4.69) is 102 Å². The molecule has 43 heavy (non-hydrogen) atoms. The van der Waals surface area contributed by atoms with Crippen molar-refractivity contribution in [2.45, 2.75) is 13.2 Å². The molecular weight excluding hydrogens is 520 g/mol. The van der Waals surface area contributed by atoms with E-state index in [0.717, 1.165) is 38.2 Å². The first-order valence-corrected chi connectivity index (χ1v) is 14.4. The number of aromatic nitrogens is 2. The number of aryl methyl sites for hydroxylation is 1. The highest BCUT2D eigenvalue weighted by Gasteiger charge is 2.19. The van der Waals surface area contributed by atoms with E-state index in [-0.39, 0.29) is 5.82 Å². The van der Waals surface area contributed by atoms with Gasteiger partial charge < -0.3 is 0 Å². The highest BCUT2D eigenvalue weighted by atomic mass is 15.1. The predicted octanol–water partition coefficient (Wildman–Crippen LogP) is 10.9. The molecule has 0 spiro atoms. The van der Waals surface area contributed by atoms with E-state index < -0.39 is 13.2 Å². The Hall–Kier alpha value is -5.47. The fraction of sp³-hybridized carbons (Fsp3) is 0.0488. The summed E-state index contributed by atoms with van der Waals surface area (Å²) in [6, 6.07) is 51.3. The average Bonchev–Trinajstić information content (AvgIpc) is 3.51. The minimum atomic E-state index is -2.90. The molecule has 2 nitrogen and oxygen atoms in total. The van der Waals surface area contributed by atoms with Crippen LogP contribution in [0.15, 0.2) is 152 Å². The van der Waals surface area contributed by atoms with Crippen LogP contribution < -0.4 is 0 Å². The molecule has 0 amide bonds. The monoisotopic (exact) mass is 555 g/mol. The van der Waals surface area contributed by atoms with E-state index >= 15 is 0 Å². The smallest absolute Gasteiger partial charge is 0.114 e. The number of hydrogen-bond acceptors (Lipinski definition) is 1.